The van der Waals surface area contributed by atoms with E-state index in [-0.39, 0.29) is 0 Å². The molecule has 214 valence electrons. The summed E-state index contributed by atoms with van der Waals surface area (Å²) in [5.41, 5.74) is 7.44. The van der Waals surface area contributed by atoms with Crippen molar-refractivity contribution < 1.29 is 0 Å². The number of hydrogen-bond acceptors (Lipinski definition) is 2. The number of benzene rings is 8. The summed E-state index contributed by atoms with van der Waals surface area (Å²) in [4.78, 5) is 10.4. The molecule has 9 aromatic rings. The zero-order chi connectivity index (χ0) is 30.5. The van der Waals surface area contributed by atoms with E-state index in [1.165, 1.54) is 48.8 Å². The SMILES string of the molecule is c1ccc(-c2cc(-c3ccccc3)nc(-c3cc4c5ccccc5c(-c5ccc6ccccc6c5)cc4c4ccccc34)n2)cc1. The first-order valence-corrected chi connectivity index (χ1v) is 15.7. The fourth-order valence-corrected chi connectivity index (χ4v) is 6.81. The molecule has 0 saturated carbocycles. The van der Waals surface area contributed by atoms with Gasteiger partial charge in [-0.05, 0) is 78.5 Å². The molecule has 8 aromatic carbocycles. The second-order valence-corrected chi connectivity index (χ2v) is 11.8. The summed E-state index contributed by atoms with van der Waals surface area (Å²) < 4.78 is 0. The van der Waals surface area contributed by atoms with Crippen LogP contribution in [0.15, 0.2) is 170 Å². The minimum Gasteiger partial charge on any atom is -0.228 e. The predicted octanol–water partition coefficient (Wildman–Crippen LogP) is 11.8. The van der Waals surface area contributed by atoms with Crippen molar-refractivity contribution in [3.63, 3.8) is 0 Å². The molecule has 0 atom stereocenters. The lowest BCUT2D eigenvalue weighted by Crippen LogP contribution is -1.97. The van der Waals surface area contributed by atoms with Gasteiger partial charge in [0.25, 0.3) is 0 Å². The second kappa shape index (κ2) is 10.8. The fraction of sp³-hybridized carbons (Fsp3) is 0. The Morgan fingerprint density at radius 1 is 0.283 bits per heavy atom. The van der Waals surface area contributed by atoms with Crippen LogP contribution in [0, 0.1) is 0 Å². The summed E-state index contributed by atoms with van der Waals surface area (Å²) in [6.07, 6.45) is 0. The second-order valence-electron chi connectivity index (χ2n) is 11.8. The van der Waals surface area contributed by atoms with E-state index >= 15 is 0 Å². The molecule has 1 heterocycles. The molecular weight excluding hydrogens is 556 g/mol. The van der Waals surface area contributed by atoms with Gasteiger partial charge in [-0.2, -0.15) is 0 Å². The average Bonchev–Trinajstić information content (AvgIpc) is 3.14. The van der Waals surface area contributed by atoms with Gasteiger partial charge in [0.15, 0.2) is 5.82 Å². The highest BCUT2D eigenvalue weighted by Gasteiger charge is 2.17. The highest BCUT2D eigenvalue weighted by atomic mass is 14.9. The van der Waals surface area contributed by atoms with Crippen LogP contribution in [0.3, 0.4) is 0 Å². The molecule has 0 spiro atoms. The van der Waals surface area contributed by atoms with E-state index in [9.17, 15) is 0 Å². The van der Waals surface area contributed by atoms with Gasteiger partial charge in [0.1, 0.15) is 0 Å². The summed E-state index contributed by atoms with van der Waals surface area (Å²) in [5.74, 6) is 0.723. The molecule has 0 unspecified atom stereocenters. The molecule has 0 fully saturated rings. The van der Waals surface area contributed by atoms with Crippen molar-refractivity contribution in [1.29, 1.82) is 0 Å². The molecule has 0 aliphatic rings. The molecule has 0 N–H and O–H groups in total. The maximum absolute atomic E-state index is 5.22. The van der Waals surface area contributed by atoms with E-state index in [1.54, 1.807) is 0 Å². The number of hydrogen-bond donors (Lipinski definition) is 0. The smallest absolute Gasteiger partial charge is 0.161 e. The predicted molar refractivity (Wildman–Crippen MR) is 194 cm³/mol. The lowest BCUT2D eigenvalue weighted by atomic mass is 9.88. The summed E-state index contributed by atoms with van der Waals surface area (Å²) in [7, 11) is 0. The third-order valence-corrected chi connectivity index (χ3v) is 9.05. The van der Waals surface area contributed by atoms with E-state index < -0.39 is 0 Å². The Hall–Kier alpha value is -6.12. The van der Waals surface area contributed by atoms with E-state index in [0.717, 1.165) is 39.3 Å². The minimum atomic E-state index is 0.723. The third kappa shape index (κ3) is 4.43. The van der Waals surface area contributed by atoms with Crippen molar-refractivity contribution in [1.82, 2.24) is 9.97 Å². The maximum Gasteiger partial charge on any atom is 0.161 e. The Kier molecular flexibility index (Phi) is 6.17. The quantitative estimate of drug-likeness (QED) is 0.192. The lowest BCUT2D eigenvalue weighted by molar-refractivity contribution is 1.19. The Balaban J connectivity index is 1.35. The summed E-state index contributed by atoms with van der Waals surface area (Å²) in [6.45, 7) is 0. The lowest BCUT2D eigenvalue weighted by Gasteiger charge is -2.16. The van der Waals surface area contributed by atoms with E-state index in [0.29, 0.717) is 0 Å². The summed E-state index contributed by atoms with van der Waals surface area (Å²) >= 11 is 0. The number of nitrogens with zero attached hydrogens (tertiary/aromatic N) is 2. The van der Waals surface area contributed by atoms with Gasteiger partial charge in [0.05, 0.1) is 11.4 Å². The maximum atomic E-state index is 5.22. The molecule has 9 rings (SSSR count). The topological polar surface area (TPSA) is 25.8 Å². The largest absolute Gasteiger partial charge is 0.228 e. The van der Waals surface area contributed by atoms with E-state index in [1.807, 2.05) is 12.1 Å². The van der Waals surface area contributed by atoms with Crippen LogP contribution >= 0.6 is 0 Å². The van der Waals surface area contributed by atoms with Crippen LogP contribution in [0.2, 0.25) is 0 Å². The van der Waals surface area contributed by atoms with Gasteiger partial charge in [-0.1, -0.05) is 146 Å². The molecule has 0 saturated heterocycles. The highest BCUT2D eigenvalue weighted by molar-refractivity contribution is 6.23. The van der Waals surface area contributed by atoms with E-state index in [4.69, 9.17) is 9.97 Å². The Labute approximate surface area is 267 Å². The molecule has 1 aromatic heterocycles. The first-order valence-electron chi connectivity index (χ1n) is 15.7. The molecule has 0 amide bonds. The third-order valence-electron chi connectivity index (χ3n) is 9.05. The van der Waals surface area contributed by atoms with Gasteiger partial charge in [-0.25, -0.2) is 9.97 Å². The zero-order valence-electron chi connectivity index (χ0n) is 25.1. The van der Waals surface area contributed by atoms with Crippen molar-refractivity contribution in [3.8, 4) is 45.0 Å². The van der Waals surface area contributed by atoms with Gasteiger partial charge in [0, 0.05) is 16.7 Å². The molecule has 0 bridgehead atoms. The van der Waals surface area contributed by atoms with Crippen molar-refractivity contribution in [2.45, 2.75) is 0 Å². The van der Waals surface area contributed by atoms with Crippen molar-refractivity contribution in [2.75, 3.05) is 0 Å². The molecule has 0 aliphatic heterocycles. The van der Waals surface area contributed by atoms with Crippen molar-refractivity contribution in [2.24, 2.45) is 0 Å². The molecule has 2 nitrogen and oxygen atoms in total. The Morgan fingerprint density at radius 2 is 0.761 bits per heavy atom. The number of fused-ring (bicyclic) bond motifs is 6. The molecule has 2 heteroatoms. The average molecular weight is 585 g/mol. The number of rotatable bonds is 4. The standard InChI is InChI=1S/C44H28N2/c1-3-14-30(15-4-1)42-28-43(31-16-5-2-6-17-31)46-44(45-42)41-27-40-35-20-10-9-19-34(35)38(26-39(40)36-21-11-12-22-37(36)41)33-24-23-29-13-7-8-18-32(29)25-33/h1-28H. The van der Waals surface area contributed by atoms with Crippen LogP contribution in [-0.2, 0) is 0 Å². The Bertz CT molecular complexity index is 2510. The number of aromatic nitrogens is 2. The van der Waals surface area contributed by atoms with Crippen LogP contribution in [-0.4, -0.2) is 9.97 Å². The Morgan fingerprint density at radius 3 is 1.37 bits per heavy atom. The van der Waals surface area contributed by atoms with Crippen LogP contribution < -0.4 is 0 Å². The normalized spacial score (nSPS) is 11.5. The molecule has 0 radical (unpaired) electrons. The van der Waals surface area contributed by atoms with Crippen LogP contribution in [0.4, 0.5) is 0 Å². The zero-order valence-corrected chi connectivity index (χ0v) is 25.1. The fourth-order valence-electron chi connectivity index (χ4n) is 6.81. The van der Waals surface area contributed by atoms with Gasteiger partial charge >= 0.3 is 0 Å². The van der Waals surface area contributed by atoms with Crippen LogP contribution in [0.5, 0.6) is 0 Å². The monoisotopic (exact) mass is 584 g/mol. The van der Waals surface area contributed by atoms with Gasteiger partial charge < -0.3 is 0 Å². The first-order chi connectivity index (χ1) is 22.8. The minimum absolute atomic E-state index is 0.723. The van der Waals surface area contributed by atoms with Crippen molar-refractivity contribution >= 4 is 43.1 Å². The van der Waals surface area contributed by atoms with Gasteiger partial charge in [-0.3, -0.25) is 0 Å². The van der Waals surface area contributed by atoms with Gasteiger partial charge in [-0.15, -0.1) is 0 Å². The first kappa shape index (κ1) is 26.3. The molecule has 46 heavy (non-hydrogen) atoms. The summed E-state index contributed by atoms with van der Waals surface area (Å²) in [6, 6.07) is 60.4. The van der Waals surface area contributed by atoms with Crippen LogP contribution in [0.25, 0.3) is 88.1 Å². The van der Waals surface area contributed by atoms with Crippen LogP contribution in [0.1, 0.15) is 0 Å². The van der Waals surface area contributed by atoms with E-state index in [2.05, 4.69) is 158 Å². The molecular formula is C44H28N2. The van der Waals surface area contributed by atoms with Gasteiger partial charge in [0.2, 0.25) is 0 Å². The summed E-state index contributed by atoms with van der Waals surface area (Å²) in [5, 5.41) is 9.70. The van der Waals surface area contributed by atoms with Crippen molar-refractivity contribution in [3.05, 3.63) is 170 Å². The highest BCUT2D eigenvalue weighted by Crippen LogP contribution is 2.42. The molecule has 0 aliphatic carbocycles.